The van der Waals surface area contributed by atoms with Gasteiger partial charge >= 0.3 is 0 Å². The average molecular weight is 603 g/mol. The summed E-state index contributed by atoms with van der Waals surface area (Å²) in [7, 11) is 0. The van der Waals surface area contributed by atoms with Crippen LogP contribution in [0.5, 0.6) is 0 Å². The van der Waals surface area contributed by atoms with E-state index in [2.05, 4.69) is 182 Å². The highest BCUT2D eigenvalue weighted by atomic mass is 15.0. The Kier molecular flexibility index (Phi) is 9.84. The Morgan fingerprint density at radius 2 is 0.783 bits per heavy atom. The van der Waals surface area contributed by atoms with Crippen molar-refractivity contribution < 1.29 is 0 Å². The normalized spacial score (nSPS) is 20.2. The lowest BCUT2D eigenvalue weighted by Crippen LogP contribution is -2.33. The molecule has 0 saturated carbocycles. The van der Waals surface area contributed by atoms with Gasteiger partial charge in [-0.1, -0.05) is 160 Å². The third-order valence-corrected chi connectivity index (χ3v) is 9.19. The summed E-state index contributed by atoms with van der Waals surface area (Å²) in [6.07, 6.45) is 25.4. The van der Waals surface area contributed by atoms with E-state index in [-0.39, 0.29) is 0 Å². The van der Waals surface area contributed by atoms with Gasteiger partial charge in [0.25, 0.3) is 0 Å². The average Bonchev–Trinajstić information content (AvgIpc) is 3.12. The van der Waals surface area contributed by atoms with Crippen molar-refractivity contribution in [2.45, 2.75) is 63.5 Å². The summed E-state index contributed by atoms with van der Waals surface area (Å²) in [5.41, 5.74) is 8.97. The molecule has 0 unspecified atom stereocenters. The van der Waals surface area contributed by atoms with Gasteiger partial charge in [-0.3, -0.25) is 0 Å². The van der Waals surface area contributed by atoms with Gasteiger partial charge in [-0.25, -0.2) is 0 Å². The summed E-state index contributed by atoms with van der Waals surface area (Å²) < 4.78 is 0. The number of nitrogens with one attached hydrogen (secondary N) is 2. The molecule has 2 N–H and O–H groups in total. The van der Waals surface area contributed by atoms with Crippen LogP contribution < -0.4 is 10.6 Å². The minimum absolute atomic E-state index is 0.436. The monoisotopic (exact) mass is 602 g/mol. The molecule has 0 bridgehead atoms. The number of para-hydroxylation sites is 2. The van der Waals surface area contributed by atoms with E-state index in [0.29, 0.717) is 0 Å². The predicted octanol–water partition coefficient (Wildman–Crippen LogP) is 11.2. The number of aryl methyl sites for hydroxylation is 2. The first-order chi connectivity index (χ1) is 22.6. The quantitative estimate of drug-likeness (QED) is 0.169. The molecular formula is C44H46N2. The molecule has 0 spiro atoms. The summed E-state index contributed by atoms with van der Waals surface area (Å²) >= 11 is 0. The predicted molar refractivity (Wildman–Crippen MR) is 197 cm³/mol. The molecule has 0 aliphatic heterocycles. The van der Waals surface area contributed by atoms with Crippen LogP contribution in [0.4, 0.5) is 11.4 Å². The molecule has 232 valence electrons. The number of hydrogen-bond donors (Lipinski definition) is 2. The van der Waals surface area contributed by atoms with Crippen LogP contribution in [-0.4, -0.2) is 0 Å². The van der Waals surface area contributed by atoms with E-state index in [1.807, 2.05) is 0 Å². The number of rotatable bonds is 12. The summed E-state index contributed by atoms with van der Waals surface area (Å²) in [6, 6.07) is 39.3. The largest absolute Gasteiger partial charge is 0.369 e. The lowest BCUT2D eigenvalue weighted by molar-refractivity contribution is 0.761. The van der Waals surface area contributed by atoms with E-state index in [1.54, 1.807) is 0 Å². The number of anilines is 2. The van der Waals surface area contributed by atoms with Crippen LogP contribution in [0.1, 0.15) is 61.8 Å². The Balaban J connectivity index is 1.30. The lowest BCUT2D eigenvalue weighted by atomic mass is 9.81. The molecule has 2 heteroatoms. The fraction of sp³-hybridized carbons (Fsp3) is 0.227. The lowest BCUT2D eigenvalue weighted by Gasteiger charge is -2.34. The SMILES string of the molecule is CCCCc1ccc(C2(Nc3ccccc3)C=CC(=C3C=CC(Nc4ccccc4)(c4ccc(CCCC)cc4)C=C3)C=C2)cc1. The van der Waals surface area contributed by atoms with E-state index in [4.69, 9.17) is 0 Å². The molecule has 0 radical (unpaired) electrons. The molecule has 0 saturated heterocycles. The highest BCUT2D eigenvalue weighted by Gasteiger charge is 2.31. The van der Waals surface area contributed by atoms with Crippen LogP contribution in [0.15, 0.2) is 169 Å². The molecule has 0 amide bonds. The fourth-order valence-electron chi connectivity index (χ4n) is 6.36. The van der Waals surface area contributed by atoms with Crippen LogP contribution in [-0.2, 0) is 23.9 Å². The summed E-state index contributed by atoms with van der Waals surface area (Å²) in [5.74, 6) is 0. The van der Waals surface area contributed by atoms with Crippen molar-refractivity contribution in [2.24, 2.45) is 0 Å². The Morgan fingerprint density at radius 1 is 0.435 bits per heavy atom. The van der Waals surface area contributed by atoms with Crippen molar-refractivity contribution in [3.8, 4) is 0 Å². The number of allylic oxidation sites excluding steroid dienone is 6. The van der Waals surface area contributed by atoms with Gasteiger partial charge in [0.2, 0.25) is 0 Å². The van der Waals surface area contributed by atoms with E-state index < -0.39 is 11.1 Å². The Hall–Kier alpha value is -4.82. The molecule has 46 heavy (non-hydrogen) atoms. The third-order valence-electron chi connectivity index (χ3n) is 9.19. The highest BCUT2D eigenvalue weighted by molar-refractivity contribution is 5.62. The maximum Gasteiger partial charge on any atom is 0.100 e. The topological polar surface area (TPSA) is 24.1 Å². The zero-order chi connectivity index (χ0) is 31.7. The van der Waals surface area contributed by atoms with E-state index >= 15 is 0 Å². The van der Waals surface area contributed by atoms with Gasteiger partial charge < -0.3 is 10.6 Å². The Labute approximate surface area is 276 Å². The minimum Gasteiger partial charge on any atom is -0.369 e. The van der Waals surface area contributed by atoms with Gasteiger partial charge in [0.05, 0.1) is 0 Å². The summed E-state index contributed by atoms with van der Waals surface area (Å²) in [6.45, 7) is 4.50. The third kappa shape index (κ3) is 7.18. The van der Waals surface area contributed by atoms with Crippen molar-refractivity contribution >= 4 is 11.4 Å². The van der Waals surface area contributed by atoms with Crippen molar-refractivity contribution in [3.05, 3.63) is 191 Å². The molecule has 2 nitrogen and oxygen atoms in total. The van der Waals surface area contributed by atoms with Gasteiger partial charge in [0, 0.05) is 11.4 Å². The van der Waals surface area contributed by atoms with Gasteiger partial charge in [-0.05, 0) is 83.3 Å². The van der Waals surface area contributed by atoms with Crippen LogP contribution >= 0.6 is 0 Å². The van der Waals surface area contributed by atoms with Crippen LogP contribution in [0.2, 0.25) is 0 Å². The van der Waals surface area contributed by atoms with E-state index in [0.717, 1.165) is 24.2 Å². The fourth-order valence-corrected chi connectivity index (χ4v) is 6.36. The van der Waals surface area contributed by atoms with Gasteiger partial charge in [-0.15, -0.1) is 0 Å². The van der Waals surface area contributed by atoms with Crippen molar-refractivity contribution in [2.75, 3.05) is 10.6 Å². The van der Waals surface area contributed by atoms with Crippen molar-refractivity contribution in [1.82, 2.24) is 0 Å². The number of unbranched alkanes of at least 4 members (excludes halogenated alkanes) is 2. The second kappa shape index (κ2) is 14.5. The molecule has 2 aliphatic carbocycles. The molecule has 0 fully saturated rings. The zero-order valence-electron chi connectivity index (χ0n) is 27.3. The van der Waals surface area contributed by atoms with E-state index in [1.165, 1.54) is 59.1 Å². The standard InChI is InChI=1S/C44H46N2/c1-3-5-13-35-19-23-39(24-20-35)43(45-41-15-9-7-10-16-41)31-27-37(28-32-43)38-29-33-44(34-30-38,46-42-17-11-8-12-18-42)40-25-21-36(22-26-40)14-6-4-2/h7-12,15-34,45-46H,3-6,13-14H2,1-2H3. The van der Waals surface area contributed by atoms with Gasteiger partial charge in [-0.2, -0.15) is 0 Å². The molecule has 4 aromatic rings. The molecule has 4 aromatic carbocycles. The molecular weight excluding hydrogens is 556 g/mol. The van der Waals surface area contributed by atoms with Crippen LogP contribution in [0.25, 0.3) is 0 Å². The van der Waals surface area contributed by atoms with Crippen molar-refractivity contribution in [1.29, 1.82) is 0 Å². The van der Waals surface area contributed by atoms with Crippen LogP contribution in [0, 0.1) is 0 Å². The maximum absolute atomic E-state index is 3.83. The van der Waals surface area contributed by atoms with Gasteiger partial charge in [0.15, 0.2) is 0 Å². The van der Waals surface area contributed by atoms with E-state index in [9.17, 15) is 0 Å². The second-order valence-electron chi connectivity index (χ2n) is 12.6. The number of hydrogen-bond acceptors (Lipinski definition) is 2. The Morgan fingerprint density at radius 3 is 1.11 bits per heavy atom. The highest BCUT2D eigenvalue weighted by Crippen LogP contribution is 2.38. The summed E-state index contributed by atoms with van der Waals surface area (Å²) in [4.78, 5) is 0. The first-order valence-electron chi connectivity index (χ1n) is 17.0. The van der Waals surface area contributed by atoms with Crippen LogP contribution in [0.3, 0.4) is 0 Å². The second-order valence-corrected chi connectivity index (χ2v) is 12.6. The zero-order valence-corrected chi connectivity index (χ0v) is 27.3. The summed E-state index contributed by atoms with van der Waals surface area (Å²) in [5, 5.41) is 7.67. The first-order valence-corrected chi connectivity index (χ1v) is 17.0. The molecule has 0 aromatic heterocycles. The van der Waals surface area contributed by atoms with Gasteiger partial charge in [0.1, 0.15) is 11.1 Å². The van der Waals surface area contributed by atoms with Crippen molar-refractivity contribution in [3.63, 3.8) is 0 Å². The maximum atomic E-state index is 3.83. The molecule has 0 heterocycles. The molecule has 6 rings (SSSR count). The smallest absolute Gasteiger partial charge is 0.100 e. The first kappa shape index (κ1) is 31.2. The molecule has 2 aliphatic rings. The Bertz CT molecular complexity index is 1560. The minimum atomic E-state index is -0.436. The number of benzene rings is 4. The molecule has 0 atom stereocenters.